The van der Waals surface area contributed by atoms with E-state index in [0.717, 1.165) is 55.6 Å². The molecule has 1 amide bonds. The Labute approximate surface area is 131 Å². The minimum atomic E-state index is 0.320. The van der Waals surface area contributed by atoms with Crippen molar-refractivity contribution in [1.82, 2.24) is 14.9 Å². The van der Waals surface area contributed by atoms with E-state index in [0.29, 0.717) is 18.2 Å². The van der Waals surface area contributed by atoms with Crippen LogP contribution in [0.2, 0.25) is 0 Å². The number of nitrogens with one attached hydrogen (secondary N) is 1. The fourth-order valence-electron chi connectivity index (χ4n) is 3.22. The zero-order chi connectivity index (χ0) is 15.5. The molecule has 1 aliphatic heterocycles. The average Bonchev–Trinajstić information content (AvgIpc) is 2.95. The topological polar surface area (TPSA) is 49.0 Å². The Morgan fingerprint density at radius 2 is 2.14 bits per heavy atom. The molecule has 1 saturated heterocycles. The zero-order valence-corrected chi connectivity index (χ0v) is 13.6. The van der Waals surface area contributed by atoms with E-state index in [2.05, 4.69) is 37.0 Å². The number of piperidine rings is 1. The minimum Gasteiger partial charge on any atom is -0.343 e. The van der Waals surface area contributed by atoms with E-state index >= 15 is 0 Å². The van der Waals surface area contributed by atoms with Crippen LogP contribution in [-0.2, 0) is 4.79 Å². The summed E-state index contributed by atoms with van der Waals surface area (Å²) in [5.74, 6) is 1.85. The first-order valence-corrected chi connectivity index (χ1v) is 8.41. The molecule has 0 spiro atoms. The molecule has 0 radical (unpaired) electrons. The van der Waals surface area contributed by atoms with Crippen LogP contribution in [-0.4, -0.2) is 33.9 Å². The normalized spacial score (nSPS) is 16.4. The number of nitrogens with zero attached hydrogens (tertiary/aromatic N) is 2. The smallest absolute Gasteiger partial charge is 0.222 e. The maximum atomic E-state index is 12.1. The SMILES string of the molecule is CCCCC(=O)N1CCC(c2nc3ccc(C)cc3[nH]2)CC1. The summed E-state index contributed by atoms with van der Waals surface area (Å²) >= 11 is 0. The summed E-state index contributed by atoms with van der Waals surface area (Å²) in [5.41, 5.74) is 3.41. The third-order valence-electron chi connectivity index (χ3n) is 4.63. The quantitative estimate of drug-likeness (QED) is 0.934. The van der Waals surface area contributed by atoms with Crippen LogP contribution in [0.1, 0.15) is 56.3 Å². The minimum absolute atomic E-state index is 0.320. The van der Waals surface area contributed by atoms with Gasteiger partial charge in [0.2, 0.25) is 5.91 Å². The molecule has 4 heteroatoms. The van der Waals surface area contributed by atoms with Gasteiger partial charge in [0.15, 0.2) is 0 Å². The first-order valence-electron chi connectivity index (χ1n) is 8.41. The van der Waals surface area contributed by atoms with E-state index in [9.17, 15) is 4.79 Å². The molecule has 22 heavy (non-hydrogen) atoms. The highest BCUT2D eigenvalue weighted by molar-refractivity contribution is 5.77. The van der Waals surface area contributed by atoms with Gasteiger partial charge in [-0.3, -0.25) is 4.79 Å². The number of fused-ring (bicyclic) bond motifs is 1. The highest BCUT2D eigenvalue weighted by Crippen LogP contribution is 2.28. The Kier molecular flexibility index (Phi) is 4.46. The second-order valence-electron chi connectivity index (χ2n) is 6.40. The summed E-state index contributed by atoms with van der Waals surface area (Å²) in [4.78, 5) is 22.3. The van der Waals surface area contributed by atoms with Gasteiger partial charge in [0, 0.05) is 25.4 Å². The first-order chi connectivity index (χ1) is 10.7. The molecule has 2 aromatic rings. The third kappa shape index (κ3) is 3.16. The lowest BCUT2D eigenvalue weighted by Gasteiger charge is -2.31. The van der Waals surface area contributed by atoms with Gasteiger partial charge in [-0.2, -0.15) is 0 Å². The molecule has 0 atom stereocenters. The Morgan fingerprint density at radius 1 is 1.36 bits per heavy atom. The van der Waals surface area contributed by atoms with Gasteiger partial charge >= 0.3 is 0 Å². The molecule has 2 heterocycles. The van der Waals surface area contributed by atoms with Gasteiger partial charge in [0.05, 0.1) is 11.0 Å². The summed E-state index contributed by atoms with van der Waals surface area (Å²) in [6, 6.07) is 6.32. The average molecular weight is 299 g/mol. The lowest BCUT2D eigenvalue weighted by Crippen LogP contribution is -2.37. The highest BCUT2D eigenvalue weighted by atomic mass is 16.2. The molecule has 0 saturated carbocycles. The number of likely N-dealkylation sites (tertiary alicyclic amines) is 1. The van der Waals surface area contributed by atoms with Crippen molar-refractivity contribution >= 4 is 16.9 Å². The molecule has 0 unspecified atom stereocenters. The molecule has 1 aromatic heterocycles. The number of carbonyl (C=O) groups is 1. The number of imidazole rings is 1. The predicted molar refractivity (Wildman–Crippen MR) is 88.9 cm³/mol. The number of hydrogen-bond donors (Lipinski definition) is 1. The fourth-order valence-corrected chi connectivity index (χ4v) is 3.22. The molecule has 1 fully saturated rings. The van der Waals surface area contributed by atoms with Gasteiger partial charge in [0.25, 0.3) is 0 Å². The van der Waals surface area contributed by atoms with Crippen molar-refractivity contribution in [3.8, 4) is 0 Å². The monoisotopic (exact) mass is 299 g/mol. The van der Waals surface area contributed by atoms with Crippen molar-refractivity contribution in [2.75, 3.05) is 13.1 Å². The molecule has 118 valence electrons. The Morgan fingerprint density at radius 3 is 2.86 bits per heavy atom. The molecule has 0 aliphatic carbocycles. The van der Waals surface area contributed by atoms with E-state index in [1.807, 2.05) is 4.90 Å². The molecule has 0 bridgehead atoms. The van der Waals surface area contributed by atoms with Gasteiger partial charge in [-0.25, -0.2) is 4.98 Å². The van der Waals surface area contributed by atoms with E-state index in [1.165, 1.54) is 5.56 Å². The number of aromatic nitrogens is 2. The number of hydrogen-bond acceptors (Lipinski definition) is 2. The Hall–Kier alpha value is -1.84. The lowest BCUT2D eigenvalue weighted by atomic mass is 9.96. The predicted octanol–water partition coefficient (Wildman–Crippen LogP) is 3.77. The lowest BCUT2D eigenvalue weighted by molar-refractivity contribution is -0.132. The summed E-state index contributed by atoms with van der Waals surface area (Å²) in [5, 5.41) is 0. The van der Waals surface area contributed by atoms with Crippen LogP contribution in [0.3, 0.4) is 0 Å². The number of rotatable bonds is 4. The van der Waals surface area contributed by atoms with Crippen LogP contribution < -0.4 is 0 Å². The van der Waals surface area contributed by atoms with Crippen molar-refractivity contribution in [2.45, 2.75) is 51.9 Å². The standard InChI is InChI=1S/C18H25N3O/c1-3-4-5-17(22)21-10-8-14(9-11-21)18-19-15-7-6-13(2)12-16(15)20-18/h6-7,12,14H,3-5,8-11H2,1-2H3,(H,19,20). The maximum Gasteiger partial charge on any atom is 0.222 e. The van der Waals surface area contributed by atoms with Gasteiger partial charge in [0.1, 0.15) is 5.82 Å². The number of benzene rings is 1. The molecule has 1 aliphatic rings. The van der Waals surface area contributed by atoms with Gasteiger partial charge in [-0.1, -0.05) is 19.4 Å². The van der Waals surface area contributed by atoms with E-state index in [4.69, 9.17) is 4.98 Å². The van der Waals surface area contributed by atoms with Crippen molar-refractivity contribution in [3.05, 3.63) is 29.6 Å². The van der Waals surface area contributed by atoms with Crippen LogP contribution in [0.25, 0.3) is 11.0 Å². The summed E-state index contributed by atoms with van der Waals surface area (Å²) in [6.07, 6.45) is 4.81. The number of H-pyrrole nitrogens is 1. The van der Waals surface area contributed by atoms with Crippen LogP contribution in [0.5, 0.6) is 0 Å². The van der Waals surface area contributed by atoms with Crippen LogP contribution in [0.4, 0.5) is 0 Å². The van der Waals surface area contributed by atoms with Crippen LogP contribution >= 0.6 is 0 Å². The number of carbonyl (C=O) groups excluding carboxylic acids is 1. The molecule has 1 aromatic carbocycles. The van der Waals surface area contributed by atoms with E-state index in [1.54, 1.807) is 0 Å². The number of amides is 1. The summed E-state index contributed by atoms with van der Waals surface area (Å²) in [7, 11) is 0. The fraction of sp³-hybridized carbons (Fsp3) is 0.556. The third-order valence-corrected chi connectivity index (χ3v) is 4.63. The van der Waals surface area contributed by atoms with Crippen LogP contribution in [0.15, 0.2) is 18.2 Å². The Bertz CT molecular complexity index is 653. The molecular formula is C18H25N3O. The van der Waals surface area contributed by atoms with Gasteiger partial charge in [-0.15, -0.1) is 0 Å². The molecule has 1 N–H and O–H groups in total. The molecule has 4 nitrogen and oxygen atoms in total. The Balaban J connectivity index is 1.64. The van der Waals surface area contributed by atoms with Crippen LogP contribution in [0, 0.1) is 6.92 Å². The number of aromatic amines is 1. The number of aryl methyl sites for hydroxylation is 1. The summed E-state index contributed by atoms with van der Waals surface area (Å²) < 4.78 is 0. The highest BCUT2D eigenvalue weighted by Gasteiger charge is 2.25. The second-order valence-corrected chi connectivity index (χ2v) is 6.40. The summed E-state index contributed by atoms with van der Waals surface area (Å²) in [6.45, 7) is 5.95. The largest absolute Gasteiger partial charge is 0.343 e. The second kappa shape index (κ2) is 6.51. The molecular weight excluding hydrogens is 274 g/mol. The first kappa shape index (κ1) is 15.1. The van der Waals surface area contributed by atoms with Gasteiger partial charge < -0.3 is 9.88 Å². The maximum absolute atomic E-state index is 12.1. The van der Waals surface area contributed by atoms with Crippen molar-refractivity contribution in [1.29, 1.82) is 0 Å². The van der Waals surface area contributed by atoms with Crippen molar-refractivity contribution < 1.29 is 4.79 Å². The van der Waals surface area contributed by atoms with E-state index in [-0.39, 0.29) is 0 Å². The molecule has 3 rings (SSSR count). The van der Waals surface area contributed by atoms with Gasteiger partial charge in [-0.05, 0) is 43.9 Å². The van der Waals surface area contributed by atoms with E-state index < -0.39 is 0 Å². The van der Waals surface area contributed by atoms with Crippen molar-refractivity contribution in [2.24, 2.45) is 0 Å². The van der Waals surface area contributed by atoms with Crippen molar-refractivity contribution in [3.63, 3.8) is 0 Å². The number of unbranched alkanes of at least 4 members (excludes halogenated alkanes) is 1. The zero-order valence-electron chi connectivity index (χ0n) is 13.6.